The second kappa shape index (κ2) is 6.14. The average molecular weight is 294 g/mol. The van der Waals surface area contributed by atoms with Gasteiger partial charge in [0.25, 0.3) is 5.91 Å². The molecule has 1 aromatic heterocycles. The van der Waals surface area contributed by atoms with E-state index in [1.165, 1.54) is 19.2 Å². The summed E-state index contributed by atoms with van der Waals surface area (Å²) in [4.78, 5) is 22.7. The molecule has 0 atom stereocenters. The van der Waals surface area contributed by atoms with Crippen LogP contribution >= 0.6 is 0 Å². The van der Waals surface area contributed by atoms with Gasteiger partial charge in [0.1, 0.15) is 12.4 Å². The lowest BCUT2D eigenvalue weighted by Gasteiger charge is -2.04. The van der Waals surface area contributed by atoms with Crippen molar-refractivity contribution in [3.63, 3.8) is 0 Å². The zero-order valence-electron chi connectivity index (χ0n) is 10.9. The van der Waals surface area contributed by atoms with E-state index in [9.17, 15) is 14.0 Å². The Labute approximate surface area is 118 Å². The Hall–Kier alpha value is -2.74. The van der Waals surface area contributed by atoms with Crippen LogP contribution < -0.4 is 5.32 Å². The first-order chi connectivity index (χ1) is 10.0. The van der Waals surface area contributed by atoms with Crippen molar-refractivity contribution in [2.24, 2.45) is 0 Å². The fourth-order valence-corrected chi connectivity index (χ4v) is 1.59. The number of aromatic carboxylic acids is 1. The first-order valence-electron chi connectivity index (χ1n) is 5.80. The van der Waals surface area contributed by atoms with Crippen LogP contribution in [-0.4, -0.2) is 29.2 Å². The Morgan fingerprint density at radius 2 is 2.19 bits per heavy atom. The van der Waals surface area contributed by atoms with Crippen molar-refractivity contribution in [2.75, 3.05) is 12.4 Å². The molecule has 0 saturated carbocycles. The molecule has 110 valence electrons. The van der Waals surface area contributed by atoms with Crippen molar-refractivity contribution in [3.05, 3.63) is 47.1 Å². The molecule has 1 aromatic carbocycles. The fourth-order valence-electron chi connectivity index (χ4n) is 1.59. The number of halogens is 1. The van der Waals surface area contributed by atoms with Crippen LogP contribution in [0.5, 0.6) is 0 Å². The van der Waals surface area contributed by atoms with Gasteiger partial charge in [-0.05, 0) is 18.2 Å². The number of aromatic nitrogens is 1. The minimum atomic E-state index is -1.42. The molecule has 0 aliphatic rings. The third-order valence-corrected chi connectivity index (χ3v) is 2.53. The number of amides is 1. The Bertz CT molecular complexity index is 683. The lowest BCUT2D eigenvalue weighted by molar-refractivity contribution is 0.0691. The minimum Gasteiger partial charge on any atom is -0.478 e. The fraction of sp³-hybridized carbons (Fsp3) is 0.154. The third kappa shape index (κ3) is 3.42. The summed E-state index contributed by atoms with van der Waals surface area (Å²) in [6.45, 7) is 0.167. The van der Waals surface area contributed by atoms with Gasteiger partial charge >= 0.3 is 5.97 Å². The third-order valence-electron chi connectivity index (χ3n) is 2.53. The molecule has 8 heteroatoms. The molecule has 2 N–H and O–H groups in total. The number of nitrogens with zero attached hydrogens (tertiary/aromatic N) is 1. The highest BCUT2D eigenvalue weighted by atomic mass is 19.1. The molecule has 2 aromatic rings. The van der Waals surface area contributed by atoms with Gasteiger partial charge in [-0.3, -0.25) is 4.79 Å². The monoisotopic (exact) mass is 294 g/mol. The van der Waals surface area contributed by atoms with Gasteiger partial charge in [0.15, 0.2) is 11.5 Å². The highest BCUT2D eigenvalue weighted by Crippen LogP contribution is 2.16. The number of carboxylic acid groups (broad SMARTS) is 1. The molecule has 7 nitrogen and oxygen atoms in total. The Morgan fingerprint density at radius 1 is 1.43 bits per heavy atom. The molecule has 0 aliphatic carbocycles. The topological polar surface area (TPSA) is 102 Å². The summed E-state index contributed by atoms with van der Waals surface area (Å²) in [6, 6.07) is 4.61. The van der Waals surface area contributed by atoms with Gasteiger partial charge in [-0.2, -0.15) is 0 Å². The maximum absolute atomic E-state index is 13.2. The summed E-state index contributed by atoms with van der Waals surface area (Å²) < 4.78 is 22.9. The number of rotatable bonds is 5. The van der Waals surface area contributed by atoms with Crippen molar-refractivity contribution in [3.8, 4) is 0 Å². The maximum atomic E-state index is 13.2. The summed E-state index contributed by atoms with van der Waals surface area (Å²) in [5.41, 5.74) is -0.397. The van der Waals surface area contributed by atoms with Gasteiger partial charge < -0.3 is 19.7 Å². The predicted molar refractivity (Wildman–Crippen MR) is 68.5 cm³/mol. The van der Waals surface area contributed by atoms with Crippen molar-refractivity contribution in [2.45, 2.75) is 6.61 Å². The Morgan fingerprint density at radius 3 is 2.86 bits per heavy atom. The van der Waals surface area contributed by atoms with E-state index < -0.39 is 23.3 Å². The highest BCUT2D eigenvalue weighted by Gasteiger charge is 2.15. The zero-order chi connectivity index (χ0) is 15.4. The summed E-state index contributed by atoms with van der Waals surface area (Å²) in [7, 11) is 1.47. The highest BCUT2D eigenvalue weighted by molar-refractivity contribution is 6.03. The summed E-state index contributed by atoms with van der Waals surface area (Å²) >= 11 is 0. The first-order valence-corrected chi connectivity index (χ1v) is 5.80. The van der Waals surface area contributed by atoms with Gasteiger partial charge in [0.2, 0.25) is 0 Å². The number of carbonyl (C=O) groups is 2. The van der Waals surface area contributed by atoms with Crippen molar-refractivity contribution < 1.29 is 28.3 Å². The second-order valence-electron chi connectivity index (χ2n) is 4.07. The number of benzene rings is 1. The Kier molecular flexibility index (Phi) is 4.29. The molecule has 0 saturated heterocycles. The SMILES string of the molecule is COCc1cc(C(=O)Nc2ccc(F)c(C(=O)O)c2)no1. The van der Waals surface area contributed by atoms with Gasteiger partial charge in [0.05, 0.1) is 5.56 Å². The molecule has 0 spiro atoms. The van der Waals surface area contributed by atoms with Crippen LogP contribution in [0.25, 0.3) is 0 Å². The number of hydrogen-bond donors (Lipinski definition) is 2. The van der Waals surface area contributed by atoms with E-state index in [0.717, 1.165) is 12.1 Å². The van der Waals surface area contributed by atoms with Crippen molar-refractivity contribution in [1.29, 1.82) is 0 Å². The molecule has 21 heavy (non-hydrogen) atoms. The first kappa shape index (κ1) is 14.7. The second-order valence-corrected chi connectivity index (χ2v) is 4.07. The number of nitrogens with one attached hydrogen (secondary N) is 1. The van der Waals surface area contributed by atoms with E-state index in [4.69, 9.17) is 14.4 Å². The molecule has 1 heterocycles. The molecule has 0 aliphatic heterocycles. The number of carboxylic acids is 1. The van der Waals surface area contributed by atoms with Crippen LogP contribution in [0.4, 0.5) is 10.1 Å². The van der Waals surface area contributed by atoms with E-state index in [2.05, 4.69) is 10.5 Å². The standard InChI is InChI=1S/C13H11FN2O5/c1-20-6-8-5-11(16-21-8)12(17)15-7-2-3-10(14)9(4-7)13(18)19/h2-5H,6H2,1H3,(H,15,17)(H,18,19). The van der Waals surface area contributed by atoms with Crippen LogP contribution in [0.1, 0.15) is 26.6 Å². The maximum Gasteiger partial charge on any atom is 0.338 e. The van der Waals surface area contributed by atoms with Gasteiger partial charge in [-0.15, -0.1) is 0 Å². The van der Waals surface area contributed by atoms with Crippen LogP contribution in [0.15, 0.2) is 28.8 Å². The van der Waals surface area contributed by atoms with E-state index in [1.54, 1.807) is 0 Å². The number of methoxy groups -OCH3 is 1. The van der Waals surface area contributed by atoms with Gasteiger partial charge in [-0.25, -0.2) is 9.18 Å². The van der Waals surface area contributed by atoms with Crippen LogP contribution in [0.2, 0.25) is 0 Å². The van der Waals surface area contributed by atoms with Gasteiger partial charge in [0, 0.05) is 18.9 Å². The largest absolute Gasteiger partial charge is 0.478 e. The van der Waals surface area contributed by atoms with Gasteiger partial charge in [-0.1, -0.05) is 5.16 Å². The normalized spacial score (nSPS) is 10.4. The molecule has 0 unspecified atom stereocenters. The van der Waals surface area contributed by atoms with E-state index in [1.807, 2.05) is 0 Å². The Balaban J connectivity index is 2.15. The van der Waals surface area contributed by atoms with Crippen molar-refractivity contribution >= 4 is 17.6 Å². The summed E-state index contributed by atoms with van der Waals surface area (Å²) in [5, 5.41) is 14.8. The van der Waals surface area contributed by atoms with E-state index >= 15 is 0 Å². The molecule has 1 amide bonds. The number of ether oxygens (including phenoxy) is 1. The zero-order valence-corrected chi connectivity index (χ0v) is 10.9. The number of carbonyl (C=O) groups excluding carboxylic acids is 1. The number of anilines is 1. The van der Waals surface area contributed by atoms with E-state index in [0.29, 0.717) is 5.76 Å². The predicted octanol–water partition coefficient (Wildman–Crippen LogP) is 1.91. The molecular formula is C13H11FN2O5. The molecule has 2 rings (SSSR count). The number of hydrogen-bond acceptors (Lipinski definition) is 5. The molecular weight excluding hydrogens is 283 g/mol. The van der Waals surface area contributed by atoms with Crippen molar-refractivity contribution in [1.82, 2.24) is 5.16 Å². The summed E-state index contributed by atoms with van der Waals surface area (Å²) in [5.74, 6) is -2.55. The molecule has 0 bridgehead atoms. The summed E-state index contributed by atoms with van der Waals surface area (Å²) in [6.07, 6.45) is 0. The lowest BCUT2D eigenvalue weighted by Crippen LogP contribution is -2.13. The lowest BCUT2D eigenvalue weighted by atomic mass is 10.2. The smallest absolute Gasteiger partial charge is 0.338 e. The van der Waals surface area contributed by atoms with Crippen LogP contribution in [-0.2, 0) is 11.3 Å². The van der Waals surface area contributed by atoms with E-state index in [-0.39, 0.29) is 18.0 Å². The quantitative estimate of drug-likeness (QED) is 0.873. The average Bonchev–Trinajstić information content (AvgIpc) is 2.90. The van der Waals surface area contributed by atoms with Crippen LogP contribution in [0, 0.1) is 5.82 Å². The molecule has 0 fully saturated rings. The molecule has 0 radical (unpaired) electrons. The van der Waals surface area contributed by atoms with Crippen LogP contribution in [0.3, 0.4) is 0 Å². The minimum absolute atomic E-state index is 0.00301.